The molecule has 6 nitrogen and oxygen atoms in total. The molecule has 0 aliphatic carbocycles. The Morgan fingerprint density at radius 1 is 1.12 bits per heavy atom. The molecule has 2 aliphatic heterocycles. The van der Waals surface area contributed by atoms with Crippen LogP contribution in [-0.4, -0.2) is 62.6 Å². The molecule has 0 saturated carbocycles. The van der Waals surface area contributed by atoms with Gasteiger partial charge in [-0.1, -0.05) is 48.5 Å². The number of guanidine groups is 1. The number of hydrogen-bond acceptors (Lipinski definition) is 3. The van der Waals surface area contributed by atoms with Gasteiger partial charge in [0.1, 0.15) is 0 Å². The first-order valence-corrected chi connectivity index (χ1v) is 11.7. The highest BCUT2D eigenvalue weighted by atomic mass is 127. The molecule has 0 aromatic heterocycles. The molecule has 4 rings (SSSR count). The van der Waals surface area contributed by atoms with Gasteiger partial charge in [0.05, 0.1) is 0 Å². The normalized spacial score (nSPS) is 18.7. The van der Waals surface area contributed by atoms with Crippen molar-refractivity contribution in [3.8, 4) is 0 Å². The van der Waals surface area contributed by atoms with E-state index in [0.717, 1.165) is 51.5 Å². The molecule has 1 amide bonds. The molecule has 0 spiro atoms. The molecule has 2 atom stereocenters. The Hall–Kier alpha value is -2.29. The average molecular weight is 562 g/mol. The van der Waals surface area contributed by atoms with E-state index >= 15 is 0 Å². The summed E-state index contributed by atoms with van der Waals surface area (Å²) in [5.74, 6) is 1.39. The quantitative estimate of drug-likeness (QED) is 0.295. The van der Waals surface area contributed by atoms with Crippen molar-refractivity contribution in [2.24, 2.45) is 10.9 Å². The summed E-state index contributed by atoms with van der Waals surface area (Å²) in [6.07, 6.45) is 2.64. The van der Waals surface area contributed by atoms with Gasteiger partial charge in [-0.2, -0.15) is 0 Å². The number of hydrogen-bond donors (Lipinski definition) is 2. The summed E-state index contributed by atoms with van der Waals surface area (Å²) in [6.45, 7) is 6.51. The minimum atomic E-state index is 0. The van der Waals surface area contributed by atoms with Crippen LogP contribution in [0.5, 0.6) is 0 Å². The SMILES string of the molecule is CN=C(NCC1CC(=O)N(CCc2ccccc2)C1)NCC(C)N1CCc2ccccc21.I. The average Bonchev–Trinajstić information content (AvgIpc) is 3.41. The standard InChI is InChI=1S/C26H35N5O.HI/c1-20(31-15-13-23-10-6-7-11-24(23)31)17-28-26(27-2)29-18-22-16-25(32)30(19-22)14-12-21-8-4-3-5-9-21;/h3-11,20,22H,12-19H2,1-2H3,(H2,27,28,29);1H. The molecule has 2 aromatic carbocycles. The van der Waals surface area contributed by atoms with Crippen LogP contribution in [0.2, 0.25) is 0 Å². The lowest BCUT2D eigenvalue weighted by Crippen LogP contribution is -2.46. The summed E-state index contributed by atoms with van der Waals surface area (Å²) in [5.41, 5.74) is 4.07. The molecule has 0 radical (unpaired) electrons. The van der Waals surface area contributed by atoms with Crippen molar-refractivity contribution in [2.75, 3.05) is 44.7 Å². The van der Waals surface area contributed by atoms with E-state index in [1.807, 2.05) is 11.0 Å². The highest BCUT2D eigenvalue weighted by Crippen LogP contribution is 2.28. The molecule has 33 heavy (non-hydrogen) atoms. The summed E-state index contributed by atoms with van der Waals surface area (Å²) < 4.78 is 0. The number of likely N-dealkylation sites (tertiary alicyclic amines) is 1. The number of para-hydroxylation sites is 1. The topological polar surface area (TPSA) is 60.0 Å². The number of nitrogens with one attached hydrogen (secondary N) is 2. The number of rotatable bonds is 8. The zero-order chi connectivity index (χ0) is 22.3. The second kappa shape index (κ2) is 12.3. The molecule has 2 unspecified atom stereocenters. The van der Waals surface area contributed by atoms with Gasteiger partial charge in [-0.25, -0.2) is 0 Å². The highest BCUT2D eigenvalue weighted by molar-refractivity contribution is 14.0. The molecule has 7 heteroatoms. The zero-order valence-electron chi connectivity index (χ0n) is 19.7. The third kappa shape index (κ3) is 6.62. The van der Waals surface area contributed by atoms with E-state index in [1.165, 1.54) is 16.8 Å². The van der Waals surface area contributed by atoms with Crippen LogP contribution in [0.25, 0.3) is 0 Å². The largest absolute Gasteiger partial charge is 0.366 e. The molecular weight excluding hydrogens is 525 g/mol. The van der Waals surface area contributed by atoms with Gasteiger partial charge in [-0.15, -0.1) is 24.0 Å². The van der Waals surface area contributed by atoms with E-state index in [0.29, 0.717) is 18.4 Å². The van der Waals surface area contributed by atoms with Crippen LogP contribution < -0.4 is 15.5 Å². The van der Waals surface area contributed by atoms with Crippen LogP contribution in [0.15, 0.2) is 59.6 Å². The number of halogens is 1. The molecule has 2 aliphatic rings. The molecule has 178 valence electrons. The Kier molecular flexibility index (Phi) is 9.41. The van der Waals surface area contributed by atoms with Gasteiger partial charge in [0.25, 0.3) is 0 Å². The minimum Gasteiger partial charge on any atom is -0.366 e. The fraction of sp³-hybridized carbons (Fsp3) is 0.462. The number of carbonyl (C=O) groups is 1. The van der Waals surface area contributed by atoms with E-state index in [1.54, 1.807) is 7.05 Å². The second-order valence-corrected chi connectivity index (χ2v) is 8.90. The number of amides is 1. The van der Waals surface area contributed by atoms with Crippen LogP contribution in [0.3, 0.4) is 0 Å². The molecule has 1 fully saturated rings. The monoisotopic (exact) mass is 561 g/mol. The molecular formula is C26H36IN5O. The summed E-state index contributed by atoms with van der Waals surface area (Å²) in [5, 5.41) is 6.90. The van der Waals surface area contributed by atoms with Gasteiger partial charge < -0.3 is 20.4 Å². The van der Waals surface area contributed by atoms with Gasteiger partial charge in [-0.05, 0) is 37.0 Å². The molecule has 2 aromatic rings. The fourth-order valence-electron chi connectivity index (χ4n) is 4.75. The number of carbonyl (C=O) groups excluding carboxylic acids is 1. The van der Waals surface area contributed by atoms with Crippen molar-refractivity contribution >= 4 is 41.5 Å². The maximum Gasteiger partial charge on any atom is 0.223 e. The van der Waals surface area contributed by atoms with Gasteiger partial charge in [0.2, 0.25) is 5.91 Å². The van der Waals surface area contributed by atoms with Crippen molar-refractivity contribution in [2.45, 2.75) is 32.2 Å². The summed E-state index contributed by atoms with van der Waals surface area (Å²) >= 11 is 0. The molecule has 2 N–H and O–H groups in total. The lowest BCUT2D eigenvalue weighted by Gasteiger charge is -2.28. The highest BCUT2D eigenvalue weighted by Gasteiger charge is 2.29. The minimum absolute atomic E-state index is 0. The first-order chi connectivity index (χ1) is 15.6. The number of aliphatic imine (C=N–C) groups is 1. The zero-order valence-corrected chi connectivity index (χ0v) is 22.0. The third-order valence-electron chi connectivity index (χ3n) is 6.61. The number of fused-ring (bicyclic) bond motifs is 1. The van der Waals surface area contributed by atoms with E-state index in [9.17, 15) is 4.79 Å². The van der Waals surface area contributed by atoms with Crippen LogP contribution in [0.1, 0.15) is 24.5 Å². The van der Waals surface area contributed by atoms with E-state index < -0.39 is 0 Å². The molecule has 0 bridgehead atoms. The van der Waals surface area contributed by atoms with Crippen molar-refractivity contribution < 1.29 is 4.79 Å². The summed E-state index contributed by atoms with van der Waals surface area (Å²) in [6, 6.07) is 19.4. The Balaban J connectivity index is 0.00000306. The Labute approximate surface area is 214 Å². The number of benzene rings is 2. The van der Waals surface area contributed by atoms with Crippen LogP contribution in [0.4, 0.5) is 5.69 Å². The summed E-state index contributed by atoms with van der Waals surface area (Å²) in [7, 11) is 1.80. The summed E-state index contributed by atoms with van der Waals surface area (Å²) in [4.78, 5) is 21.3. The van der Waals surface area contributed by atoms with Gasteiger partial charge in [0, 0.05) is 63.8 Å². The van der Waals surface area contributed by atoms with Crippen molar-refractivity contribution in [3.63, 3.8) is 0 Å². The van der Waals surface area contributed by atoms with E-state index in [2.05, 4.69) is 76.0 Å². The predicted octanol–water partition coefficient (Wildman–Crippen LogP) is 3.31. The van der Waals surface area contributed by atoms with Gasteiger partial charge in [-0.3, -0.25) is 9.79 Å². The lowest BCUT2D eigenvalue weighted by atomic mass is 10.1. The molecule has 2 heterocycles. The fourth-order valence-corrected chi connectivity index (χ4v) is 4.75. The van der Waals surface area contributed by atoms with E-state index in [-0.39, 0.29) is 29.9 Å². The van der Waals surface area contributed by atoms with Crippen LogP contribution in [0, 0.1) is 5.92 Å². The van der Waals surface area contributed by atoms with Gasteiger partial charge >= 0.3 is 0 Å². The lowest BCUT2D eigenvalue weighted by molar-refractivity contribution is -0.127. The van der Waals surface area contributed by atoms with Crippen molar-refractivity contribution in [1.82, 2.24) is 15.5 Å². The predicted molar refractivity (Wildman–Crippen MR) is 147 cm³/mol. The second-order valence-electron chi connectivity index (χ2n) is 8.90. The van der Waals surface area contributed by atoms with Crippen LogP contribution >= 0.6 is 24.0 Å². The first-order valence-electron chi connectivity index (χ1n) is 11.7. The smallest absolute Gasteiger partial charge is 0.223 e. The molecule has 1 saturated heterocycles. The maximum absolute atomic E-state index is 12.4. The van der Waals surface area contributed by atoms with E-state index in [4.69, 9.17) is 0 Å². The Bertz CT molecular complexity index is 935. The Morgan fingerprint density at radius 2 is 1.88 bits per heavy atom. The first kappa shape index (κ1) is 25.3. The maximum atomic E-state index is 12.4. The number of anilines is 1. The van der Waals surface area contributed by atoms with Crippen molar-refractivity contribution in [1.29, 1.82) is 0 Å². The van der Waals surface area contributed by atoms with Gasteiger partial charge in [0.15, 0.2) is 5.96 Å². The van der Waals surface area contributed by atoms with Crippen molar-refractivity contribution in [3.05, 3.63) is 65.7 Å². The number of nitrogens with zero attached hydrogens (tertiary/aromatic N) is 3. The third-order valence-corrected chi connectivity index (χ3v) is 6.61. The van der Waals surface area contributed by atoms with Crippen LogP contribution in [-0.2, 0) is 17.6 Å². The Morgan fingerprint density at radius 3 is 2.67 bits per heavy atom.